The first-order valence-electron chi connectivity index (χ1n) is 7.63. The molecule has 0 aliphatic rings. The number of H-pyrrole nitrogens is 1. The maximum absolute atomic E-state index is 12.0. The number of nitrogens with one attached hydrogen (secondary N) is 2. The number of nitrogens with zero attached hydrogens (tertiary/aromatic N) is 2. The first-order valence-corrected chi connectivity index (χ1v) is 8.51. The molecule has 1 aromatic carbocycles. The van der Waals surface area contributed by atoms with Gasteiger partial charge in [-0.2, -0.15) is 0 Å². The molecule has 0 fully saturated rings. The van der Waals surface area contributed by atoms with Gasteiger partial charge in [-0.3, -0.25) is 4.79 Å². The van der Waals surface area contributed by atoms with E-state index < -0.39 is 0 Å². The largest absolute Gasteiger partial charge is 0.343 e. The van der Waals surface area contributed by atoms with E-state index in [1.807, 2.05) is 49.6 Å². The fraction of sp³-hybridized carbons (Fsp3) is 0.167. The Hall–Kier alpha value is -2.73. The van der Waals surface area contributed by atoms with Crippen LogP contribution in [0.3, 0.4) is 0 Å². The number of benzene rings is 1. The molecule has 2 heterocycles. The summed E-state index contributed by atoms with van der Waals surface area (Å²) in [5.74, 6) is 0.547. The minimum absolute atomic E-state index is 0.175. The average molecular weight is 338 g/mol. The second-order valence-electron chi connectivity index (χ2n) is 5.40. The highest BCUT2D eigenvalue weighted by Crippen LogP contribution is 2.18. The smallest absolute Gasteiger partial charge is 0.244 e. The number of imidazole rings is 1. The van der Waals surface area contributed by atoms with E-state index in [0.717, 1.165) is 27.8 Å². The summed E-state index contributed by atoms with van der Waals surface area (Å²) in [6.45, 7) is 3.83. The summed E-state index contributed by atoms with van der Waals surface area (Å²) >= 11 is 1.56. The molecule has 0 aliphatic heterocycles. The Morgan fingerprint density at radius 1 is 1.33 bits per heavy atom. The predicted octanol–water partition coefficient (Wildman–Crippen LogP) is 3.73. The Morgan fingerprint density at radius 2 is 2.12 bits per heavy atom. The van der Waals surface area contributed by atoms with Gasteiger partial charge in [0.05, 0.1) is 28.6 Å². The normalized spacial score (nSPS) is 12.4. The monoisotopic (exact) mass is 338 g/mol. The zero-order chi connectivity index (χ0) is 16.9. The van der Waals surface area contributed by atoms with Crippen LogP contribution in [0.1, 0.15) is 29.5 Å². The maximum atomic E-state index is 12.0. The van der Waals surface area contributed by atoms with Crippen molar-refractivity contribution in [2.24, 2.45) is 0 Å². The van der Waals surface area contributed by atoms with Gasteiger partial charge in [0.25, 0.3) is 0 Å². The van der Waals surface area contributed by atoms with Gasteiger partial charge in [0.2, 0.25) is 5.91 Å². The molecular formula is C18H18N4OS. The molecule has 5 nitrogen and oxygen atoms in total. The fourth-order valence-electron chi connectivity index (χ4n) is 2.27. The molecule has 0 bridgehead atoms. The Morgan fingerprint density at radius 3 is 2.83 bits per heavy atom. The molecule has 3 rings (SSSR count). The van der Waals surface area contributed by atoms with E-state index in [0.29, 0.717) is 0 Å². The molecule has 3 aromatic rings. The zero-order valence-electron chi connectivity index (χ0n) is 13.5. The third-order valence-electron chi connectivity index (χ3n) is 3.49. The van der Waals surface area contributed by atoms with Crippen LogP contribution in [0.5, 0.6) is 0 Å². The standard InChI is InChI=1S/C18H18N4OS/c1-12(20-17(23)9-8-15-11-24-13(2)21-15)18-19-10-16(22-18)14-6-4-3-5-7-14/h3-12H,1-2H3,(H,19,22)(H,20,23). The molecule has 24 heavy (non-hydrogen) atoms. The molecule has 122 valence electrons. The summed E-state index contributed by atoms with van der Waals surface area (Å²) in [7, 11) is 0. The van der Waals surface area contributed by atoms with Crippen molar-refractivity contribution in [3.05, 3.63) is 64.5 Å². The van der Waals surface area contributed by atoms with E-state index >= 15 is 0 Å². The Balaban J connectivity index is 1.62. The fourth-order valence-corrected chi connectivity index (χ4v) is 2.85. The van der Waals surface area contributed by atoms with Crippen molar-refractivity contribution in [1.82, 2.24) is 20.3 Å². The van der Waals surface area contributed by atoms with E-state index in [4.69, 9.17) is 0 Å². The van der Waals surface area contributed by atoms with Crippen LogP contribution in [-0.2, 0) is 4.79 Å². The molecule has 0 saturated heterocycles. The predicted molar refractivity (Wildman–Crippen MR) is 96.5 cm³/mol. The van der Waals surface area contributed by atoms with Crippen molar-refractivity contribution in [3.8, 4) is 11.3 Å². The van der Waals surface area contributed by atoms with Gasteiger partial charge in [-0.25, -0.2) is 9.97 Å². The summed E-state index contributed by atoms with van der Waals surface area (Å²) < 4.78 is 0. The molecule has 6 heteroatoms. The van der Waals surface area contributed by atoms with Gasteiger partial charge >= 0.3 is 0 Å². The molecule has 0 saturated carbocycles. The molecule has 0 spiro atoms. The lowest BCUT2D eigenvalue weighted by Gasteiger charge is -2.09. The highest BCUT2D eigenvalue weighted by molar-refractivity contribution is 7.09. The van der Waals surface area contributed by atoms with Crippen LogP contribution in [0.15, 0.2) is 48.0 Å². The van der Waals surface area contributed by atoms with Crippen molar-refractivity contribution >= 4 is 23.3 Å². The quantitative estimate of drug-likeness (QED) is 0.696. The van der Waals surface area contributed by atoms with Gasteiger partial charge in [0, 0.05) is 11.5 Å². The molecule has 1 unspecified atom stereocenters. The van der Waals surface area contributed by atoms with E-state index in [1.54, 1.807) is 23.6 Å². The minimum atomic E-state index is -0.211. The van der Waals surface area contributed by atoms with Crippen molar-refractivity contribution in [2.75, 3.05) is 0 Å². The summed E-state index contributed by atoms with van der Waals surface area (Å²) in [5.41, 5.74) is 2.79. The lowest BCUT2D eigenvalue weighted by Crippen LogP contribution is -2.25. The highest BCUT2D eigenvalue weighted by Gasteiger charge is 2.12. The van der Waals surface area contributed by atoms with Crippen LogP contribution in [0.2, 0.25) is 0 Å². The van der Waals surface area contributed by atoms with E-state index in [2.05, 4.69) is 20.3 Å². The van der Waals surface area contributed by atoms with Gasteiger partial charge in [-0.15, -0.1) is 11.3 Å². The maximum Gasteiger partial charge on any atom is 0.244 e. The second kappa shape index (κ2) is 7.23. The minimum Gasteiger partial charge on any atom is -0.343 e. The number of hydrogen-bond acceptors (Lipinski definition) is 4. The SMILES string of the molecule is Cc1nc(C=CC(=O)NC(C)c2ncc(-c3ccccc3)[nH]2)cs1. The van der Waals surface area contributed by atoms with Gasteiger partial charge in [0.15, 0.2) is 0 Å². The van der Waals surface area contributed by atoms with Crippen LogP contribution < -0.4 is 5.32 Å². The number of carbonyl (C=O) groups excluding carboxylic acids is 1. The first-order chi connectivity index (χ1) is 11.6. The second-order valence-corrected chi connectivity index (χ2v) is 6.47. The van der Waals surface area contributed by atoms with Crippen LogP contribution in [0.25, 0.3) is 17.3 Å². The van der Waals surface area contributed by atoms with Gasteiger partial charge in [0.1, 0.15) is 5.82 Å². The van der Waals surface area contributed by atoms with Gasteiger partial charge in [-0.1, -0.05) is 30.3 Å². The highest BCUT2D eigenvalue weighted by atomic mass is 32.1. The number of rotatable bonds is 5. The van der Waals surface area contributed by atoms with Crippen LogP contribution in [0, 0.1) is 6.92 Å². The summed E-state index contributed by atoms with van der Waals surface area (Å²) in [5, 5.41) is 5.79. The molecule has 0 radical (unpaired) electrons. The number of hydrogen-bond donors (Lipinski definition) is 2. The number of aromatic nitrogens is 3. The summed E-state index contributed by atoms with van der Waals surface area (Å²) in [6, 6.07) is 9.74. The number of aryl methyl sites for hydroxylation is 1. The molecule has 1 atom stereocenters. The van der Waals surface area contributed by atoms with Crippen molar-refractivity contribution in [1.29, 1.82) is 0 Å². The lowest BCUT2D eigenvalue weighted by atomic mass is 10.2. The Kier molecular flexibility index (Phi) is 4.86. The van der Waals surface area contributed by atoms with Gasteiger partial charge in [-0.05, 0) is 25.5 Å². The zero-order valence-corrected chi connectivity index (χ0v) is 14.3. The Bertz CT molecular complexity index is 851. The van der Waals surface area contributed by atoms with E-state index in [-0.39, 0.29) is 11.9 Å². The number of aromatic amines is 1. The topological polar surface area (TPSA) is 70.7 Å². The first kappa shape index (κ1) is 16.1. The number of amides is 1. The van der Waals surface area contributed by atoms with Crippen LogP contribution in [-0.4, -0.2) is 20.9 Å². The molecular weight excluding hydrogens is 320 g/mol. The lowest BCUT2D eigenvalue weighted by molar-refractivity contribution is -0.117. The molecule has 2 aromatic heterocycles. The molecule has 2 N–H and O–H groups in total. The van der Waals surface area contributed by atoms with E-state index in [1.165, 1.54) is 6.08 Å². The third kappa shape index (κ3) is 3.97. The van der Waals surface area contributed by atoms with Crippen molar-refractivity contribution in [2.45, 2.75) is 19.9 Å². The van der Waals surface area contributed by atoms with Crippen LogP contribution in [0.4, 0.5) is 0 Å². The average Bonchev–Trinajstić information content (AvgIpc) is 3.23. The van der Waals surface area contributed by atoms with Crippen LogP contribution >= 0.6 is 11.3 Å². The molecule has 1 amide bonds. The third-order valence-corrected chi connectivity index (χ3v) is 4.28. The number of thiazole rings is 1. The Labute approximate surface area is 144 Å². The van der Waals surface area contributed by atoms with Crippen molar-refractivity contribution < 1.29 is 4.79 Å². The summed E-state index contributed by atoms with van der Waals surface area (Å²) in [6.07, 6.45) is 4.98. The van der Waals surface area contributed by atoms with Crippen molar-refractivity contribution in [3.63, 3.8) is 0 Å². The van der Waals surface area contributed by atoms with Gasteiger partial charge < -0.3 is 10.3 Å². The number of carbonyl (C=O) groups is 1. The van der Waals surface area contributed by atoms with E-state index in [9.17, 15) is 4.79 Å². The summed E-state index contributed by atoms with van der Waals surface area (Å²) in [4.78, 5) is 23.9. The molecule has 0 aliphatic carbocycles.